The van der Waals surface area contributed by atoms with Crippen LogP contribution < -0.4 is 0 Å². The van der Waals surface area contributed by atoms with Gasteiger partial charge in [0.05, 0.1) is 10.8 Å². The number of piperidine rings is 1. The number of para-hydroxylation sites is 1. The molecule has 4 aromatic rings. The van der Waals surface area contributed by atoms with Gasteiger partial charge in [0, 0.05) is 30.2 Å². The normalized spacial score (nSPS) is 15.8. The van der Waals surface area contributed by atoms with Gasteiger partial charge in [-0.3, -0.25) is 4.79 Å². The highest BCUT2D eigenvalue weighted by atomic mass is 32.2. The molecule has 0 unspecified atom stereocenters. The molecule has 0 spiro atoms. The molecule has 0 radical (unpaired) electrons. The van der Waals surface area contributed by atoms with Gasteiger partial charge >= 0.3 is 0 Å². The van der Waals surface area contributed by atoms with Crippen molar-refractivity contribution in [1.29, 1.82) is 0 Å². The number of hydrogen-bond acceptors (Lipinski definition) is 5. The Kier molecular flexibility index (Phi) is 5.99. The number of likely N-dealkylation sites (tertiary alicyclic amines) is 1. The summed E-state index contributed by atoms with van der Waals surface area (Å²) in [6.45, 7) is 3.54. The van der Waals surface area contributed by atoms with Crippen molar-refractivity contribution in [2.75, 3.05) is 13.1 Å². The maximum Gasteiger partial charge on any atom is 0.277 e. The molecule has 164 valence electrons. The van der Waals surface area contributed by atoms with Crippen LogP contribution >= 0.6 is 11.8 Å². The third-order valence-electron chi connectivity index (χ3n) is 6.14. The number of hydrogen-bond donors (Lipinski definition) is 1. The number of fused-ring (bicyclic) bond motifs is 1. The van der Waals surface area contributed by atoms with E-state index in [1.807, 2.05) is 42.3 Å². The van der Waals surface area contributed by atoms with Gasteiger partial charge < -0.3 is 14.3 Å². The molecule has 3 heterocycles. The lowest BCUT2D eigenvalue weighted by atomic mass is 9.90. The molecular formula is C25H26N4O2S. The minimum atomic E-state index is -0.267. The van der Waals surface area contributed by atoms with Crippen molar-refractivity contribution in [1.82, 2.24) is 20.1 Å². The van der Waals surface area contributed by atoms with Crippen LogP contribution in [0.15, 0.2) is 70.4 Å². The van der Waals surface area contributed by atoms with Crippen LogP contribution in [0.1, 0.15) is 25.3 Å². The predicted molar refractivity (Wildman–Crippen MR) is 126 cm³/mol. The van der Waals surface area contributed by atoms with Crippen molar-refractivity contribution in [3.05, 3.63) is 66.4 Å². The lowest BCUT2D eigenvalue weighted by Crippen LogP contribution is -2.42. The van der Waals surface area contributed by atoms with Gasteiger partial charge in [-0.2, -0.15) is 0 Å². The molecular weight excluding hydrogens is 420 g/mol. The molecule has 1 fully saturated rings. The zero-order chi connectivity index (χ0) is 21.9. The van der Waals surface area contributed by atoms with Gasteiger partial charge in [-0.05, 0) is 43.7 Å². The summed E-state index contributed by atoms with van der Waals surface area (Å²) >= 11 is 1.33. The number of aromatic nitrogens is 3. The van der Waals surface area contributed by atoms with Crippen molar-refractivity contribution in [3.63, 3.8) is 0 Å². The van der Waals surface area contributed by atoms with Crippen LogP contribution in [0, 0.1) is 5.92 Å². The molecule has 0 bridgehead atoms. The fourth-order valence-corrected chi connectivity index (χ4v) is 5.15. The van der Waals surface area contributed by atoms with E-state index in [0.717, 1.165) is 48.8 Å². The monoisotopic (exact) mass is 446 g/mol. The first-order valence-electron chi connectivity index (χ1n) is 11.1. The number of nitrogens with one attached hydrogen (secondary N) is 1. The molecule has 32 heavy (non-hydrogen) atoms. The highest BCUT2D eigenvalue weighted by Crippen LogP contribution is 2.31. The number of H-pyrrole nitrogens is 1. The summed E-state index contributed by atoms with van der Waals surface area (Å²) in [7, 11) is 0. The van der Waals surface area contributed by atoms with Gasteiger partial charge in [0.15, 0.2) is 0 Å². The number of thioether (sulfide) groups is 1. The van der Waals surface area contributed by atoms with Crippen LogP contribution in [-0.4, -0.2) is 44.3 Å². The Morgan fingerprint density at radius 1 is 1.12 bits per heavy atom. The highest BCUT2D eigenvalue weighted by molar-refractivity contribution is 8.00. The maximum absolute atomic E-state index is 13.0. The Bertz CT molecular complexity index is 1190. The van der Waals surface area contributed by atoms with Gasteiger partial charge in [0.2, 0.25) is 5.91 Å². The van der Waals surface area contributed by atoms with Crippen LogP contribution in [0.5, 0.6) is 0 Å². The molecule has 1 aliphatic rings. The standard InChI is InChI=1S/C25H26N4O2S/c1-17(24(30)29-13-11-19(12-14-29)15-18-7-3-2-4-8-18)32-25-28-27-23(31-25)21-16-26-22-10-6-5-9-20(21)22/h2-10,16-17,19,26H,11-15H2,1H3/t17-/m0/s1. The topological polar surface area (TPSA) is 75.0 Å². The quantitative estimate of drug-likeness (QED) is 0.413. The second-order valence-electron chi connectivity index (χ2n) is 8.34. The fraction of sp³-hybridized carbons (Fsp3) is 0.320. The summed E-state index contributed by atoms with van der Waals surface area (Å²) in [5.74, 6) is 1.24. The lowest BCUT2D eigenvalue weighted by molar-refractivity contribution is -0.131. The Morgan fingerprint density at radius 2 is 1.88 bits per heavy atom. The summed E-state index contributed by atoms with van der Waals surface area (Å²) in [4.78, 5) is 18.2. The third kappa shape index (κ3) is 4.43. The first kappa shape index (κ1) is 20.8. The fourth-order valence-electron chi connectivity index (χ4n) is 4.38. The van der Waals surface area contributed by atoms with Gasteiger partial charge in [0.25, 0.3) is 11.1 Å². The van der Waals surface area contributed by atoms with E-state index < -0.39 is 0 Å². The van der Waals surface area contributed by atoms with E-state index in [1.165, 1.54) is 17.3 Å². The van der Waals surface area contributed by atoms with E-state index in [9.17, 15) is 4.79 Å². The third-order valence-corrected chi connectivity index (χ3v) is 7.07. The van der Waals surface area contributed by atoms with Crippen LogP contribution in [-0.2, 0) is 11.2 Å². The van der Waals surface area contributed by atoms with E-state index in [0.29, 0.717) is 17.0 Å². The maximum atomic E-state index is 13.0. The highest BCUT2D eigenvalue weighted by Gasteiger charge is 2.28. The van der Waals surface area contributed by atoms with Crippen molar-refractivity contribution < 1.29 is 9.21 Å². The Balaban J connectivity index is 1.17. The summed E-state index contributed by atoms with van der Waals surface area (Å²) in [6, 6.07) is 18.6. The molecule has 2 aromatic carbocycles. The average molecular weight is 447 g/mol. The molecule has 1 atom stereocenters. The van der Waals surface area contributed by atoms with E-state index in [4.69, 9.17) is 4.42 Å². The molecule has 5 rings (SSSR count). The van der Waals surface area contributed by atoms with Crippen molar-refractivity contribution in [2.24, 2.45) is 5.92 Å². The number of carbonyl (C=O) groups excluding carboxylic acids is 1. The number of benzene rings is 2. The molecule has 1 amide bonds. The van der Waals surface area contributed by atoms with E-state index >= 15 is 0 Å². The Morgan fingerprint density at radius 3 is 2.69 bits per heavy atom. The summed E-state index contributed by atoms with van der Waals surface area (Å²) in [5.41, 5.74) is 3.28. The van der Waals surface area contributed by atoms with E-state index in [1.54, 1.807) is 0 Å². The van der Waals surface area contributed by atoms with Gasteiger partial charge in [-0.15, -0.1) is 10.2 Å². The van der Waals surface area contributed by atoms with Crippen LogP contribution in [0.3, 0.4) is 0 Å². The minimum absolute atomic E-state index is 0.139. The molecule has 6 nitrogen and oxygen atoms in total. The Hall–Kier alpha value is -3.06. The second kappa shape index (κ2) is 9.20. The summed E-state index contributed by atoms with van der Waals surface area (Å²) in [6.07, 6.45) is 5.05. The molecule has 7 heteroatoms. The minimum Gasteiger partial charge on any atom is -0.411 e. The first-order valence-corrected chi connectivity index (χ1v) is 11.9. The largest absolute Gasteiger partial charge is 0.411 e. The van der Waals surface area contributed by atoms with Crippen LogP contribution in [0.2, 0.25) is 0 Å². The van der Waals surface area contributed by atoms with Gasteiger partial charge in [0.1, 0.15) is 0 Å². The second-order valence-corrected chi connectivity index (χ2v) is 9.63. The summed E-state index contributed by atoms with van der Waals surface area (Å²) in [5, 5.41) is 9.56. The molecule has 1 saturated heterocycles. The van der Waals surface area contributed by atoms with E-state index in [-0.39, 0.29) is 11.2 Å². The smallest absolute Gasteiger partial charge is 0.277 e. The molecule has 1 aliphatic heterocycles. The number of amides is 1. The van der Waals surface area contributed by atoms with E-state index in [2.05, 4.69) is 45.5 Å². The molecule has 0 saturated carbocycles. The zero-order valence-electron chi connectivity index (χ0n) is 18.0. The number of nitrogens with zero attached hydrogens (tertiary/aromatic N) is 3. The predicted octanol–water partition coefficient (Wildman–Crippen LogP) is 5.18. The van der Waals surface area contributed by atoms with Crippen molar-refractivity contribution >= 4 is 28.6 Å². The van der Waals surface area contributed by atoms with Crippen molar-refractivity contribution in [2.45, 2.75) is 36.7 Å². The number of aromatic amines is 1. The summed E-state index contributed by atoms with van der Waals surface area (Å²) < 4.78 is 5.88. The number of carbonyl (C=O) groups is 1. The van der Waals surface area contributed by atoms with Crippen molar-refractivity contribution in [3.8, 4) is 11.5 Å². The lowest BCUT2D eigenvalue weighted by Gasteiger charge is -2.33. The first-order chi connectivity index (χ1) is 15.7. The molecule has 2 aromatic heterocycles. The van der Waals surface area contributed by atoms with Crippen LogP contribution in [0.25, 0.3) is 22.4 Å². The SMILES string of the molecule is C[C@H](Sc1nnc(-c2c[nH]c3ccccc23)o1)C(=O)N1CCC(Cc2ccccc2)CC1. The van der Waals surface area contributed by atoms with Crippen LogP contribution in [0.4, 0.5) is 0 Å². The molecule has 0 aliphatic carbocycles. The van der Waals surface area contributed by atoms with Gasteiger partial charge in [-0.25, -0.2) is 0 Å². The average Bonchev–Trinajstić information content (AvgIpc) is 3.46. The number of rotatable bonds is 6. The Labute approximate surface area is 191 Å². The molecule has 1 N–H and O–H groups in total. The van der Waals surface area contributed by atoms with Gasteiger partial charge in [-0.1, -0.05) is 60.3 Å². The zero-order valence-corrected chi connectivity index (χ0v) is 18.8.